The minimum absolute atomic E-state index is 0.0215. The molecule has 3 aromatic rings. The lowest BCUT2D eigenvalue weighted by atomic mass is 9.87. The van der Waals surface area contributed by atoms with Gasteiger partial charge in [-0.3, -0.25) is 14.4 Å². The second kappa shape index (κ2) is 8.35. The molecular formula is C25H23ClFN5O4. The molecule has 2 aromatic heterocycles. The molecule has 3 fully saturated rings. The number of Topliss-reactive ketones (excluding diaryl/α,β-unsaturated/α-hetero) is 1. The van der Waals surface area contributed by atoms with E-state index in [-0.39, 0.29) is 65.6 Å². The molecule has 2 amide bonds. The number of piperidine rings is 1. The first kappa shape index (κ1) is 23.1. The molecule has 3 aliphatic rings. The van der Waals surface area contributed by atoms with Gasteiger partial charge in [-0.15, -0.1) is 0 Å². The maximum Gasteiger partial charge on any atom is 0.245 e. The number of pyridine rings is 1. The van der Waals surface area contributed by atoms with Gasteiger partial charge in [-0.2, -0.15) is 5.10 Å². The maximum absolute atomic E-state index is 14.8. The molecule has 11 heteroatoms. The topological polar surface area (TPSA) is 106 Å². The van der Waals surface area contributed by atoms with E-state index in [0.717, 1.165) is 6.42 Å². The molecule has 1 aromatic carbocycles. The Bertz CT molecular complexity index is 1420. The zero-order valence-electron chi connectivity index (χ0n) is 19.4. The summed E-state index contributed by atoms with van der Waals surface area (Å²) in [5.41, 5.74) is -0.0834. The molecule has 9 nitrogen and oxygen atoms in total. The second-order valence-electron chi connectivity index (χ2n) is 9.72. The Labute approximate surface area is 210 Å². The number of rotatable bonds is 6. The second-order valence-corrected chi connectivity index (χ2v) is 10.1. The zero-order valence-corrected chi connectivity index (χ0v) is 20.2. The number of nitrogens with zero attached hydrogens (tertiary/aromatic N) is 4. The van der Waals surface area contributed by atoms with Crippen LogP contribution in [0.1, 0.15) is 35.8 Å². The molecule has 0 bridgehead atoms. The Morgan fingerprint density at radius 2 is 2.03 bits per heavy atom. The van der Waals surface area contributed by atoms with Crippen molar-refractivity contribution in [1.82, 2.24) is 25.0 Å². The maximum atomic E-state index is 14.8. The van der Waals surface area contributed by atoms with Gasteiger partial charge in [0.15, 0.2) is 11.4 Å². The molecule has 0 spiro atoms. The minimum Gasteiger partial charge on any atom is -0.376 e. The zero-order chi connectivity index (χ0) is 25.2. The summed E-state index contributed by atoms with van der Waals surface area (Å²) < 4.78 is 21.6. The summed E-state index contributed by atoms with van der Waals surface area (Å²) in [5, 5.41) is 7.84. The predicted octanol–water partition coefficient (Wildman–Crippen LogP) is 2.46. The summed E-state index contributed by atoms with van der Waals surface area (Å²) in [5.74, 6) is -1.20. The van der Waals surface area contributed by atoms with Crippen LogP contribution in [0.5, 0.6) is 0 Å². The monoisotopic (exact) mass is 511 g/mol. The van der Waals surface area contributed by atoms with E-state index in [1.165, 1.54) is 17.7 Å². The number of halogens is 2. The van der Waals surface area contributed by atoms with Crippen LogP contribution in [-0.2, 0) is 26.4 Å². The number of hydrogen-bond donors (Lipinski definition) is 1. The van der Waals surface area contributed by atoms with Crippen LogP contribution >= 0.6 is 11.6 Å². The molecule has 6 rings (SSSR count). The molecule has 2 saturated heterocycles. The molecule has 1 aliphatic carbocycles. The molecule has 0 unspecified atom stereocenters. The number of likely N-dealkylation sites (tertiary alicyclic amines) is 1. The van der Waals surface area contributed by atoms with E-state index < -0.39 is 17.4 Å². The normalized spacial score (nSPS) is 23.8. The van der Waals surface area contributed by atoms with Crippen molar-refractivity contribution in [2.24, 2.45) is 5.92 Å². The van der Waals surface area contributed by atoms with Crippen LogP contribution in [0, 0.1) is 11.7 Å². The summed E-state index contributed by atoms with van der Waals surface area (Å²) in [4.78, 5) is 44.9. The smallest absolute Gasteiger partial charge is 0.245 e. The molecule has 36 heavy (non-hydrogen) atoms. The first-order valence-corrected chi connectivity index (χ1v) is 12.1. The van der Waals surface area contributed by atoms with Crippen LogP contribution in [-0.4, -0.2) is 62.6 Å². The van der Waals surface area contributed by atoms with Crippen molar-refractivity contribution >= 4 is 40.2 Å². The predicted molar refractivity (Wildman–Crippen MR) is 127 cm³/mol. The number of benzene rings is 1. The molecule has 2 aliphatic heterocycles. The molecule has 1 N–H and O–H groups in total. The van der Waals surface area contributed by atoms with Crippen molar-refractivity contribution in [3.8, 4) is 0 Å². The van der Waals surface area contributed by atoms with E-state index in [4.69, 9.17) is 16.3 Å². The van der Waals surface area contributed by atoms with E-state index in [1.54, 1.807) is 35.4 Å². The van der Waals surface area contributed by atoms with Gasteiger partial charge in [0, 0.05) is 24.7 Å². The van der Waals surface area contributed by atoms with Crippen molar-refractivity contribution in [3.63, 3.8) is 0 Å². The average Bonchev–Trinajstić information content (AvgIpc) is 3.33. The Hall–Kier alpha value is -3.37. The van der Waals surface area contributed by atoms with E-state index in [1.807, 2.05) is 0 Å². The third kappa shape index (κ3) is 3.58. The minimum atomic E-state index is -1.04. The Kier molecular flexibility index (Phi) is 5.34. The van der Waals surface area contributed by atoms with Gasteiger partial charge in [0.25, 0.3) is 0 Å². The number of aromatic nitrogens is 3. The van der Waals surface area contributed by atoms with Gasteiger partial charge in [0.05, 0.1) is 23.6 Å². The fourth-order valence-corrected chi connectivity index (χ4v) is 5.61. The number of ketones is 1. The third-order valence-corrected chi connectivity index (χ3v) is 7.64. The van der Waals surface area contributed by atoms with Gasteiger partial charge in [0.1, 0.15) is 29.6 Å². The number of nitrogens with one attached hydrogen (secondary N) is 1. The highest BCUT2D eigenvalue weighted by Crippen LogP contribution is 2.48. The fraction of sp³-hybridized carbons (Fsp3) is 0.400. The number of amides is 2. The first-order chi connectivity index (χ1) is 17.3. The van der Waals surface area contributed by atoms with E-state index in [0.29, 0.717) is 17.5 Å². The number of carbonyl (C=O) groups is 3. The van der Waals surface area contributed by atoms with Crippen molar-refractivity contribution in [2.75, 3.05) is 13.2 Å². The number of hydrogen-bond acceptors (Lipinski definition) is 6. The van der Waals surface area contributed by atoms with Crippen LogP contribution in [0.2, 0.25) is 5.02 Å². The van der Waals surface area contributed by atoms with Crippen LogP contribution in [0.4, 0.5) is 4.39 Å². The van der Waals surface area contributed by atoms with E-state index in [2.05, 4.69) is 15.4 Å². The molecule has 186 valence electrons. The molecule has 0 radical (unpaired) electrons. The fourth-order valence-electron chi connectivity index (χ4n) is 5.43. The van der Waals surface area contributed by atoms with Gasteiger partial charge in [-0.25, -0.2) is 14.1 Å². The highest BCUT2D eigenvalue weighted by molar-refractivity contribution is 6.30. The SMILES string of the molecule is CC(=O)c1nn(CC(=O)N2[C@@H]3C[C@@H]3C[C@H]2C(=O)NC2(c3cccc(Cl)c3F)COC2)c2ncccc12. The van der Waals surface area contributed by atoms with Gasteiger partial charge in [-0.05, 0) is 37.0 Å². The van der Waals surface area contributed by atoms with Crippen molar-refractivity contribution in [2.45, 2.75) is 43.9 Å². The van der Waals surface area contributed by atoms with Gasteiger partial charge >= 0.3 is 0 Å². The van der Waals surface area contributed by atoms with Gasteiger partial charge in [0.2, 0.25) is 11.8 Å². The summed E-state index contributed by atoms with van der Waals surface area (Å²) in [6, 6.07) is 7.40. The molecular weight excluding hydrogens is 489 g/mol. The lowest BCUT2D eigenvalue weighted by Gasteiger charge is -2.43. The summed E-state index contributed by atoms with van der Waals surface area (Å²) >= 11 is 5.98. The van der Waals surface area contributed by atoms with Gasteiger partial charge < -0.3 is 15.0 Å². The Balaban J connectivity index is 1.25. The van der Waals surface area contributed by atoms with E-state index >= 15 is 0 Å². The number of carbonyl (C=O) groups excluding carboxylic acids is 3. The number of ether oxygens (including phenoxy) is 1. The third-order valence-electron chi connectivity index (χ3n) is 7.35. The lowest BCUT2D eigenvalue weighted by Crippen LogP contribution is -2.63. The molecule has 1 saturated carbocycles. The molecule has 4 heterocycles. The highest BCUT2D eigenvalue weighted by Gasteiger charge is 2.57. The highest BCUT2D eigenvalue weighted by atomic mass is 35.5. The average molecular weight is 512 g/mol. The number of fused-ring (bicyclic) bond motifs is 2. The van der Waals surface area contributed by atoms with Crippen LogP contribution < -0.4 is 5.32 Å². The van der Waals surface area contributed by atoms with E-state index in [9.17, 15) is 18.8 Å². The van der Waals surface area contributed by atoms with Crippen LogP contribution in [0.25, 0.3) is 11.0 Å². The van der Waals surface area contributed by atoms with Crippen molar-refractivity contribution in [3.05, 3.63) is 58.6 Å². The Morgan fingerprint density at radius 3 is 2.75 bits per heavy atom. The summed E-state index contributed by atoms with van der Waals surface area (Å²) in [6.45, 7) is 1.49. The van der Waals surface area contributed by atoms with Crippen molar-refractivity contribution < 1.29 is 23.5 Å². The van der Waals surface area contributed by atoms with Gasteiger partial charge in [-0.1, -0.05) is 23.7 Å². The first-order valence-electron chi connectivity index (χ1n) is 11.8. The summed E-state index contributed by atoms with van der Waals surface area (Å²) in [7, 11) is 0. The van der Waals surface area contributed by atoms with Crippen LogP contribution in [0.15, 0.2) is 36.5 Å². The standard InChI is InChI=1S/C25H23ClFN5O4/c1-13(33)22-15-4-3-7-28-23(15)31(30-22)10-20(34)32-18-8-14(18)9-19(32)24(35)29-25(11-36-12-25)16-5-2-6-17(26)21(16)27/h2-7,14,18-19H,8-12H2,1H3,(H,29,35)/t14-,18-,19+/m1/s1. The lowest BCUT2D eigenvalue weighted by molar-refractivity contribution is -0.146. The van der Waals surface area contributed by atoms with Crippen LogP contribution in [0.3, 0.4) is 0 Å². The largest absolute Gasteiger partial charge is 0.376 e. The quantitative estimate of drug-likeness (QED) is 0.510. The van der Waals surface area contributed by atoms with Crippen molar-refractivity contribution in [1.29, 1.82) is 0 Å². The Morgan fingerprint density at radius 1 is 1.22 bits per heavy atom. The summed E-state index contributed by atoms with van der Waals surface area (Å²) in [6.07, 6.45) is 2.95. The molecule has 3 atom stereocenters.